The molecule has 0 saturated carbocycles. The zero-order valence-electron chi connectivity index (χ0n) is 9.30. The van der Waals surface area contributed by atoms with Crippen LogP contribution < -0.4 is 16.0 Å². The van der Waals surface area contributed by atoms with Crippen LogP contribution in [0.3, 0.4) is 0 Å². The Morgan fingerprint density at radius 1 is 1.50 bits per heavy atom. The van der Waals surface area contributed by atoms with Crippen LogP contribution in [0.4, 0.5) is 5.69 Å². The van der Waals surface area contributed by atoms with Crippen molar-refractivity contribution in [3.63, 3.8) is 0 Å². The van der Waals surface area contributed by atoms with Gasteiger partial charge in [-0.25, -0.2) is 0 Å². The monoisotopic (exact) mass is 331 g/mol. The third-order valence-electron chi connectivity index (χ3n) is 2.52. The van der Waals surface area contributed by atoms with E-state index in [4.69, 9.17) is 11.6 Å². The first-order valence-corrected chi connectivity index (χ1v) is 6.49. The first-order chi connectivity index (χ1) is 8.56. The summed E-state index contributed by atoms with van der Waals surface area (Å²) < 4.78 is 0.711. The lowest BCUT2D eigenvalue weighted by atomic mass is 10.2. The SMILES string of the molecule is O=C1CNC(C(=O)Nc2ccc(Cl)cc2Br)CN1. The fraction of sp³-hybridized carbons (Fsp3) is 0.273. The maximum Gasteiger partial charge on any atom is 0.243 e. The minimum atomic E-state index is -0.426. The average molecular weight is 333 g/mol. The molecule has 1 atom stereocenters. The van der Waals surface area contributed by atoms with Gasteiger partial charge >= 0.3 is 0 Å². The zero-order chi connectivity index (χ0) is 13.1. The molecule has 1 aliphatic heterocycles. The van der Waals surface area contributed by atoms with Gasteiger partial charge in [-0.1, -0.05) is 11.6 Å². The number of benzene rings is 1. The van der Waals surface area contributed by atoms with Gasteiger partial charge in [0.15, 0.2) is 0 Å². The third-order valence-corrected chi connectivity index (χ3v) is 3.41. The normalized spacial score (nSPS) is 19.2. The number of anilines is 1. The van der Waals surface area contributed by atoms with Crippen LogP contribution in [-0.2, 0) is 9.59 Å². The Kier molecular flexibility index (Phi) is 4.21. The van der Waals surface area contributed by atoms with Gasteiger partial charge in [0, 0.05) is 16.0 Å². The highest BCUT2D eigenvalue weighted by Gasteiger charge is 2.24. The van der Waals surface area contributed by atoms with E-state index in [1.807, 2.05) is 0 Å². The van der Waals surface area contributed by atoms with Gasteiger partial charge in [0.2, 0.25) is 11.8 Å². The van der Waals surface area contributed by atoms with Gasteiger partial charge in [0.1, 0.15) is 6.04 Å². The molecule has 18 heavy (non-hydrogen) atoms. The first-order valence-electron chi connectivity index (χ1n) is 5.32. The molecule has 1 aromatic rings. The van der Waals surface area contributed by atoms with Gasteiger partial charge in [-0.15, -0.1) is 0 Å². The lowest BCUT2D eigenvalue weighted by Crippen LogP contribution is -2.56. The highest BCUT2D eigenvalue weighted by molar-refractivity contribution is 9.10. The largest absolute Gasteiger partial charge is 0.353 e. The highest BCUT2D eigenvalue weighted by atomic mass is 79.9. The number of carbonyl (C=O) groups is 2. The molecule has 3 N–H and O–H groups in total. The molecule has 7 heteroatoms. The van der Waals surface area contributed by atoms with E-state index in [1.54, 1.807) is 18.2 Å². The fourth-order valence-corrected chi connectivity index (χ4v) is 2.34. The molecule has 0 radical (unpaired) electrons. The molecule has 1 heterocycles. The van der Waals surface area contributed by atoms with Crippen molar-refractivity contribution in [2.75, 3.05) is 18.4 Å². The molecule has 0 aliphatic carbocycles. The van der Waals surface area contributed by atoms with E-state index in [-0.39, 0.29) is 24.9 Å². The van der Waals surface area contributed by atoms with Crippen LogP contribution in [0.25, 0.3) is 0 Å². The van der Waals surface area contributed by atoms with Crippen LogP contribution in [0.5, 0.6) is 0 Å². The number of hydrogen-bond donors (Lipinski definition) is 3. The predicted molar refractivity (Wildman–Crippen MR) is 72.6 cm³/mol. The van der Waals surface area contributed by atoms with Crippen molar-refractivity contribution < 1.29 is 9.59 Å². The number of piperazine rings is 1. The molecule has 96 valence electrons. The second kappa shape index (κ2) is 5.69. The summed E-state index contributed by atoms with van der Waals surface area (Å²) in [5, 5.41) is 8.83. The van der Waals surface area contributed by atoms with E-state index in [0.29, 0.717) is 15.2 Å². The number of carbonyl (C=O) groups excluding carboxylic acids is 2. The molecule has 0 aromatic heterocycles. The van der Waals surface area contributed by atoms with E-state index in [2.05, 4.69) is 31.9 Å². The van der Waals surface area contributed by atoms with Crippen LogP contribution in [0.1, 0.15) is 0 Å². The Balaban J connectivity index is 2.00. The zero-order valence-corrected chi connectivity index (χ0v) is 11.6. The maximum absolute atomic E-state index is 11.9. The number of nitrogens with one attached hydrogen (secondary N) is 3. The van der Waals surface area contributed by atoms with E-state index >= 15 is 0 Å². The molecule has 2 rings (SSSR count). The Morgan fingerprint density at radius 3 is 2.89 bits per heavy atom. The number of rotatable bonds is 2. The van der Waals surface area contributed by atoms with Gasteiger partial charge in [0.05, 0.1) is 12.2 Å². The van der Waals surface area contributed by atoms with Gasteiger partial charge in [-0.2, -0.15) is 0 Å². The van der Waals surface area contributed by atoms with E-state index in [9.17, 15) is 9.59 Å². The molecule has 1 unspecified atom stereocenters. The van der Waals surface area contributed by atoms with Crippen molar-refractivity contribution in [3.8, 4) is 0 Å². The number of halogens is 2. The molecule has 2 amide bonds. The van der Waals surface area contributed by atoms with Crippen LogP contribution in [0.15, 0.2) is 22.7 Å². The molecule has 1 aromatic carbocycles. The summed E-state index contributed by atoms with van der Waals surface area (Å²) in [6.45, 7) is 0.440. The lowest BCUT2D eigenvalue weighted by molar-refractivity contribution is -0.124. The molecule has 1 saturated heterocycles. The molecular formula is C11H11BrClN3O2. The van der Waals surface area contributed by atoms with Crippen LogP contribution >= 0.6 is 27.5 Å². The molecule has 1 fully saturated rings. The summed E-state index contributed by atoms with van der Waals surface area (Å²) in [5.41, 5.74) is 0.642. The topological polar surface area (TPSA) is 70.2 Å². The van der Waals surface area contributed by atoms with Crippen molar-refractivity contribution in [1.29, 1.82) is 0 Å². The Hall–Kier alpha value is -1.11. The fourth-order valence-electron chi connectivity index (χ4n) is 1.56. The lowest BCUT2D eigenvalue weighted by Gasteiger charge is -2.23. The average Bonchev–Trinajstić information content (AvgIpc) is 2.33. The van der Waals surface area contributed by atoms with Gasteiger partial charge < -0.3 is 10.6 Å². The number of amides is 2. The standard InChI is InChI=1S/C11H11BrClN3O2/c12-7-3-6(13)1-2-8(7)16-11(18)9-4-15-10(17)5-14-9/h1-3,9,14H,4-5H2,(H,15,17)(H,16,18). The van der Waals surface area contributed by atoms with Crippen molar-refractivity contribution in [2.45, 2.75) is 6.04 Å². The van der Waals surface area contributed by atoms with Crippen LogP contribution in [0.2, 0.25) is 5.02 Å². The van der Waals surface area contributed by atoms with E-state index in [1.165, 1.54) is 0 Å². The minimum absolute atomic E-state index is 0.105. The number of hydrogen-bond acceptors (Lipinski definition) is 3. The second-order valence-corrected chi connectivity index (χ2v) is 5.14. The first kappa shape index (κ1) is 13.3. The van der Waals surface area contributed by atoms with Crippen molar-refractivity contribution in [3.05, 3.63) is 27.7 Å². The summed E-state index contributed by atoms with van der Waals surface area (Å²) in [6.07, 6.45) is 0. The third kappa shape index (κ3) is 3.22. The summed E-state index contributed by atoms with van der Waals surface area (Å²) in [4.78, 5) is 22.9. The minimum Gasteiger partial charge on any atom is -0.353 e. The van der Waals surface area contributed by atoms with Crippen molar-refractivity contribution in [1.82, 2.24) is 10.6 Å². The summed E-state index contributed by atoms with van der Waals surface area (Å²) >= 11 is 9.14. The Morgan fingerprint density at radius 2 is 2.28 bits per heavy atom. The van der Waals surface area contributed by atoms with Crippen molar-refractivity contribution >= 4 is 45.0 Å². The van der Waals surface area contributed by atoms with Crippen LogP contribution in [0, 0.1) is 0 Å². The predicted octanol–water partition coefficient (Wildman–Crippen LogP) is 1.13. The second-order valence-electron chi connectivity index (χ2n) is 3.85. The van der Waals surface area contributed by atoms with Gasteiger partial charge in [-0.3, -0.25) is 14.9 Å². The highest BCUT2D eigenvalue weighted by Crippen LogP contribution is 2.25. The molecule has 1 aliphatic rings. The summed E-state index contributed by atoms with van der Waals surface area (Å²) in [7, 11) is 0. The van der Waals surface area contributed by atoms with E-state index < -0.39 is 6.04 Å². The molecule has 0 spiro atoms. The maximum atomic E-state index is 11.9. The summed E-state index contributed by atoms with van der Waals surface area (Å²) in [5.74, 6) is -0.301. The van der Waals surface area contributed by atoms with Gasteiger partial charge in [-0.05, 0) is 34.1 Å². The Labute approximate surface area is 117 Å². The molecule has 5 nitrogen and oxygen atoms in total. The summed E-state index contributed by atoms with van der Waals surface area (Å²) in [6, 6.07) is 4.68. The Bertz CT molecular complexity index is 485. The molecule has 0 bridgehead atoms. The quantitative estimate of drug-likeness (QED) is 0.760. The van der Waals surface area contributed by atoms with Crippen LogP contribution in [-0.4, -0.2) is 30.9 Å². The van der Waals surface area contributed by atoms with Gasteiger partial charge in [0.25, 0.3) is 0 Å². The smallest absolute Gasteiger partial charge is 0.243 e. The molecular weight excluding hydrogens is 321 g/mol. The van der Waals surface area contributed by atoms with E-state index in [0.717, 1.165) is 0 Å². The van der Waals surface area contributed by atoms with Crippen molar-refractivity contribution in [2.24, 2.45) is 0 Å².